The van der Waals surface area contributed by atoms with Gasteiger partial charge in [-0.2, -0.15) is 5.06 Å². The van der Waals surface area contributed by atoms with Crippen LogP contribution < -0.4 is 5.32 Å². The van der Waals surface area contributed by atoms with Gasteiger partial charge in [-0.15, -0.1) is 0 Å². The second-order valence-corrected chi connectivity index (χ2v) is 12.1. The Kier molecular flexibility index (Phi) is 13.6. The van der Waals surface area contributed by atoms with Gasteiger partial charge in [-0.05, 0) is 52.0 Å². The Balaban J connectivity index is 0.000000293. The Morgan fingerprint density at radius 3 is 1.78 bits per heavy atom. The second-order valence-electron chi connectivity index (χ2n) is 9.92. The van der Waals surface area contributed by atoms with Gasteiger partial charge >= 0.3 is 13.6 Å². The lowest BCUT2D eigenvalue weighted by molar-refractivity contribution is -0.147. The van der Waals surface area contributed by atoms with Crippen LogP contribution in [0.4, 0.5) is 0 Å². The molecule has 0 radical (unpaired) electrons. The van der Waals surface area contributed by atoms with E-state index in [4.69, 9.17) is 9.05 Å². The van der Waals surface area contributed by atoms with Crippen LogP contribution in [0.5, 0.6) is 0 Å². The molecule has 2 fully saturated rings. The molecule has 0 amide bonds. The smallest absolute Gasteiger partial charge is 0.346 e. The maximum atomic E-state index is 13.0. The van der Waals surface area contributed by atoms with Crippen LogP contribution >= 0.6 is 7.60 Å². The number of hydrogen-bond donors (Lipinski definition) is 3. The summed E-state index contributed by atoms with van der Waals surface area (Å²) in [7, 11) is -2.67. The van der Waals surface area contributed by atoms with E-state index >= 15 is 0 Å². The molecule has 0 saturated heterocycles. The highest BCUT2D eigenvalue weighted by Gasteiger charge is 2.48. The zero-order valence-corrected chi connectivity index (χ0v) is 23.4. The van der Waals surface area contributed by atoms with Crippen molar-refractivity contribution in [3.63, 3.8) is 0 Å². The second kappa shape index (κ2) is 15.9. The van der Waals surface area contributed by atoms with Gasteiger partial charge in [-0.25, -0.2) is 0 Å². The molecular formula is C27H47N2O6P. The number of rotatable bonds is 11. The standard InChI is InChI=1S/C15H24NO6P.C12H23N/c1-5-21-23(20,22-6-2)14(15(17)18)13(16(4)19)12-9-7-11(3)8-10-12;1-3-7-11(8-4-1)13-12-9-5-2-6-10-12/h7-10,13-14,19H,5-6H2,1-4H3,(H,17,18);11-13H,1-10H2. The van der Waals surface area contributed by atoms with Gasteiger partial charge in [-0.3, -0.25) is 9.36 Å². The number of benzene rings is 1. The van der Waals surface area contributed by atoms with Crippen molar-refractivity contribution in [1.29, 1.82) is 0 Å². The van der Waals surface area contributed by atoms with Crippen molar-refractivity contribution in [2.24, 2.45) is 0 Å². The number of carboxylic acid groups (broad SMARTS) is 1. The molecule has 0 spiro atoms. The number of nitrogens with one attached hydrogen (secondary N) is 1. The average Bonchev–Trinajstić information content (AvgIpc) is 2.85. The molecule has 2 unspecified atom stereocenters. The predicted molar refractivity (Wildman–Crippen MR) is 143 cm³/mol. The summed E-state index contributed by atoms with van der Waals surface area (Å²) >= 11 is 0. The molecule has 1 aromatic rings. The normalized spacial score (nSPS) is 19.4. The highest BCUT2D eigenvalue weighted by molar-refractivity contribution is 7.55. The van der Waals surface area contributed by atoms with Crippen molar-refractivity contribution >= 4 is 13.6 Å². The first-order valence-corrected chi connectivity index (χ1v) is 15.2. The van der Waals surface area contributed by atoms with Gasteiger partial charge < -0.3 is 24.7 Å². The third kappa shape index (κ3) is 9.55. The number of carbonyl (C=O) groups is 1. The van der Waals surface area contributed by atoms with Gasteiger partial charge in [0.2, 0.25) is 0 Å². The Hall–Kier alpha value is -1.28. The van der Waals surface area contributed by atoms with Crippen molar-refractivity contribution in [3.8, 4) is 0 Å². The van der Waals surface area contributed by atoms with Gasteiger partial charge in [0.15, 0.2) is 5.66 Å². The molecule has 206 valence electrons. The number of aryl methyl sites for hydroxylation is 1. The zero-order valence-electron chi connectivity index (χ0n) is 22.5. The van der Waals surface area contributed by atoms with Crippen LogP contribution in [0.2, 0.25) is 0 Å². The molecule has 2 saturated carbocycles. The molecule has 8 nitrogen and oxygen atoms in total. The van der Waals surface area contributed by atoms with E-state index in [1.165, 1.54) is 71.3 Å². The molecule has 0 aliphatic heterocycles. The Morgan fingerprint density at radius 1 is 0.972 bits per heavy atom. The van der Waals surface area contributed by atoms with E-state index in [9.17, 15) is 19.7 Å². The van der Waals surface area contributed by atoms with Crippen molar-refractivity contribution in [3.05, 3.63) is 35.4 Å². The fourth-order valence-corrected chi connectivity index (χ4v) is 7.34. The number of hydroxylamine groups is 2. The third-order valence-electron chi connectivity index (χ3n) is 7.01. The molecule has 3 N–H and O–H groups in total. The zero-order chi connectivity index (χ0) is 26.6. The van der Waals surface area contributed by atoms with Crippen LogP contribution in [0.3, 0.4) is 0 Å². The van der Waals surface area contributed by atoms with Gasteiger partial charge in [0, 0.05) is 19.1 Å². The molecular weight excluding hydrogens is 479 g/mol. The molecule has 9 heteroatoms. The van der Waals surface area contributed by atoms with E-state index < -0.39 is 25.3 Å². The van der Waals surface area contributed by atoms with Crippen LogP contribution in [0.25, 0.3) is 0 Å². The summed E-state index contributed by atoms with van der Waals surface area (Å²) in [6, 6.07) is 7.62. The summed E-state index contributed by atoms with van der Waals surface area (Å²) in [6.07, 6.45) is 14.6. The van der Waals surface area contributed by atoms with Crippen molar-refractivity contribution < 1.29 is 28.7 Å². The van der Waals surface area contributed by atoms with Crippen LogP contribution in [-0.4, -0.2) is 59.4 Å². The average molecular weight is 527 g/mol. The molecule has 2 aliphatic carbocycles. The fraction of sp³-hybridized carbons (Fsp3) is 0.741. The van der Waals surface area contributed by atoms with Crippen LogP contribution in [0, 0.1) is 6.92 Å². The molecule has 0 heterocycles. The third-order valence-corrected chi connectivity index (χ3v) is 9.43. The molecule has 0 bridgehead atoms. The highest BCUT2D eigenvalue weighted by Crippen LogP contribution is 2.57. The van der Waals surface area contributed by atoms with Crippen molar-refractivity contribution in [1.82, 2.24) is 10.4 Å². The lowest BCUT2D eigenvalue weighted by Crippen LogP contribution is -2.40. The molecule has 1 aromatic carbocycles. The minimum absolute atomic E-state index is 0.0385. The van der Waals surface area contributed by atoms with E-state index in [1.807, 2.05) is 6.92 Å². The first kappa shape index (κ1) is 30.9. The lowest BCUT2D eigenvalue weighted by atomic mass is 9.91. The predicted octanol–water partition coefficient (Wildman–Crippen LogP) is 6.32. The SMILES string of the molecule is C1CCC(NC2CCCCC2)CC1.CCOP(=O)(OCC)C(C(=O)O)C(c1ccc(C)cc1)N(C)O. The summed E-state index contributed by atoms with van der Waals surface area (Å²) in [6.45, 7) is 5.18. The highest BCUT2D eigenvalue weighted by atomic mass is 31.2. The first-order chi connectivity index (χ1) is 17.2. The largest absolute Gasteiger partial charge is 0.480 e. The van der Waals surface area contributed by atoms with Crippen LogP contribution in [-0.2, 0) is 18.4 Å². The van der Waals surface area contributed by atoms with Gasteiger partial charge in [-0.1, -0.05) is 68.4 Å². The van der Waals surface area contributed by atoms with E-state index in [0.717, 1.165) is 22.7 Å². The first-order valence-electron chi connectivity index (χ1n) is 13.6. The summed E-state index contributed by atoms with van der Waals surface area (Å²) in [5, 5.41) is 24.2. The van der Waals surface area contributed by atoms with E-state index in [2.05, 4.69) is 5.32 Å². The van der Waals surface area contributed by atoms with Gasteiger partial charge in [0.1, 0.15) is 0 Å². The number of aliphatic carboxylic acids is 1. The number of nitrogens with zero attached hydrogens (tertiary/aromatic N) is 1. The summed E-state index contributed by atoms with van der Waals surface area (Å²) < 4.78 is 23.3. The van der Waals surface area contributed by atoms with Crippen molar-refractivity contribution in [2.75, 3.05) is 20.3 Å². The maximum Gasteiger partial charge on any atom is 0.346 e. The minimum atomic E-state index is -3.97. The Labute approximate surface area is 217 Å². The molecule has 0 aromatic heterocycles. The van der Waals surface area contributed by atoms with Crippen molar-refractivity contribution in [2.45, 2.75) is 109 Å². The van der Waals surface area contributed by atoms with Crippen LogP contribution in [0.1, 0.15) is 95.2 Å². The summed E-state index contributed by atoms with van der Waals surface area (Å²) in [5.41, 5.74) is -0.0643. The lowest BCUT2D eigenvalue weighted by Gasteiger charge is -2.32. The molecule has 2 aliphatic rings. The minimum Gasteiger partial charge on any atom is -0.480 e. The van der Waals surface area contributed by atoms with Gasteiger partial charge in [0.25, 0.3) is 0 Å². The number of hydrogen-bond acceptors (Lipinski definition) is 7. The summed E-state index contributed by atoms with van der Waals surface area (Å²) in [5.74, 6) is -1.36. The topological polar surface area (TPSA) is 108 Å². The number of carboxylic acids is 1. The molecule has 3 rings (SSSR count). The molecule has 36 heavy (non-hydrogen) atoms. The molecule has 2 atom stereocenters. The van der Waals surface area contributed by atoms with Crippen LogP contribution in [0.15, 0.2) is 24.3 Å². The fourth-order valence-electron chi connectivity index (χ4n) is 5.24. The summed E-state index contributed by atoms with van der Waals surface area (Å²) in [4.78, 5) is 11.8. The van der Waals surface area contributed by atoms with E-state index in [-0.39, 0.29) is 13.2 Å². The van der Waals surface area contributed by atoms with E-state index in [1.54, 1.807) is 38.1 Å². The maximum absolute atomic E-state index is 13.0. The monoisotopic (exact) mass is 526 g/mol. The Bertz CT molecular complexity index is 781. The van der Waals surface area contributed by atoms with Gasteiger partial charge in [0.05, 0.1) is 19.3 Å². The Morgan fingerprint density at radius 2 is 1.42 bits per heavy atom. The van der Waals surface area contributed by atoms with E-state index in [0.29, 0.717) is 5.56 Å². The quantitative estimate of drug-likeness (QED) is 0.227.